The third-order valence-corrected chi connectivity index (χ3v) is 7.23. The van der Waals surface area contributed by atoms with E-state index < -0.39 is 16.1 Å². The lowest BCUT2D eigenvalue weighted by Gasteiger charge is -2.34. The first kappa shape index (κ1) is 19.7. The van der Waals surface area contributed by atoms with Gasteiger partial charge in [0.1, 0.15) is 6.29 Å². The van der Waals surface area contributed by atoms with E-state index >= 15 is 0 Å². The number of ether oxygens (including phenoxy) is 2. The zero-order valence-electron chi connectivity index (χ0n) is 16.2. The predicted molar refractivity (Wildman–Crippen MR) is 109 cm³/mol. The van der Waals surface area contributed by atoms with Gasteiger partial charge in [-0.05, 0) is 61.6 Å². The van der Waals surface area contributed by atoms with Crippen LogP contribution in [-0.4, -0.2) is 38.4 Å². The fourth-order valence-electron chi connectivity index (χ4n) is 3.86. The second-order valence-electron chi connectivity index (χ2n) is 7.23. The Hall–Kier alpha value is -2.64. The van der Waals surface area contributed by atoms with E-state index in [-0.39, 0.29) is 18.2 Å². The maximum absolute atomic E-state index is 13.4. The van der Waals surface area contributed by atoms with Crippen LogP contribution in [0, 0.1) is 6.92 Å². The number of aldehydes is 1. The Labute approximate surface area is 170 Å². The fourth-order valence-corrected chi connectivity index (χ4v) is 5.42. The van der Waals surface area contributed by atoms with Gasteiger partial charge in [0, 0.05) is 0 Å². The summed E-state index contributed by atoms with van der Waals surface area (Å²) >= 11 is 0. The van der Waals surface area contributed by atoms with E-state index in [1.807, 2.05) is 25.1 Å². The molecule has 2 aromatic rings. The SMILES string of the molecule is Cc1ccc(S(=O)(=O)N(CC=O)[C@H]2CCCC=C2c2ccc3c(c2)OCO3)cc1. The summed E-state index contributed by atoms with van der Waals surface area (Å²) in [6.45, 7) is 1.89. The summed E-state index contributed by atoms with van der Waals surface area (Å²) in [5.41, 5.74) is 2.76. The monoisotopic (exact) mass is 413 g/mol. The molecule has 7 heteroatoms. The van der Waals surface area contributed by atoms with Gasteiger partial charge in [-0.3, -0.25) is 0 Å². The van der Waals surface area contributed by atoms with E-state index in [9.17, 15) is 13.2 Å². The lowest BCUT2D eigenvalue weighted by Crippen LogP contribution is -2.43. The van der Waals surface area contributed by atoms with Gasteiger partial charge in [0.25, 0.3) is 0 Å². The van der Waals surface area contributed by atoms with Crippen LogP contribution >= 0.6 is 0 Å². The Morgan fingerprint density at radius 3 is 2.62 bits per heavy atom. The number of hydrogen-bond donors (Lipinski definition) is 0. The molecule has 0 aromatic heterocycles. The second-order valence-corrected chi connectivity index (χ2v) is 9.12. The van der Waals surface area contributed by atoms with Crippen LogP contribution in [-0.2, 0) is 14.8 Å². The minimum absolute atomic E-state index is 0.181. The molecule has 2 aromatic carbocycles. The summed E-state index contributed by atoms with van der Waals surface area (Å²) in [4.78, 5) is 11.6. The summed E-state index contributed by atoms with van der Waals surface area (Å²) in [5, 5.41) is 0. The van der Waals surface area contributed by atoms with Crippen molar-refractivity contribution in [3.05, 3.63) is 59.7 Å². The van der Waals surface area contributed by atoms with Crippen LogP contribution in [0.5, 0.6) is 11.5 Å². The molecule has 0 amide bonds. The van der Waals surface area contributed by atoms with Gasteiger partial charge in [-0.1, -0.05) is 29.8 Å². The Morgan fingerprint density at radius 2 is 1.86 bits per heavy atom. The Kier molecular flexibility index (Phi) is 5.43. The normalized spacial score (nSPS) is 18.6. The molecule has 0 unspecified atom stereocenters. The first-order chi connectivity index (χ1) is 14.0. The van der Waals surface area contributed by atoms with Crippen molar-refractivity contribution in [2.45, 2.75) is 37.1 Å². The number of benzene rings is 2. The molecule has 0 bridgehead atoms. The van der Waals surface area contributed by atoms with E-state index in [1.54, 1.807) is 24.3 Å². The maximum Gasteiger partial charge on any atom is 0.244 e. The van der Waals surface area contributed by atoms with Crippen LogP contribution in [0.4, 0.5) is 0 Å². The smallest absolute Gasteiger partial charge is 0.244 e. The molecular weight excluding hydrogens is 390 g/mol. The van der Waals surface area contributed by atoms with Crippen molar-refractivity contribution in [3.8, 4) is 11.5 Å². The van der Waals surface area contributed by atoms with Crippen LogP contribution in [0.15, 0.2) is 53.4 Å². The summed E-state index contributed by atoms with van der Waals surface area (Å²) in [7, 11) is -3.83. The van der Waals surface area contributed by atoms with Crippen molar-refractivity contribution in [1.29, 1.82) is 0 Å². The van der Waals surface area contributed by atoms with Crippen molar-refractivity contribution >= 4 is 21.9 Å². The van der Waals surface area contributed by atoms with Gasteiger partial charge < -0.3 is 14.3 Å². The highest BCUT2D eigenvalue weighted by molar-refractivity contribution is 7.89. The zero-order chi connectivity index (χ0) is 20.4. The van der Waals surface area contributed by atoms with Crippen LogP contribution in [0.2, 0.25) is 0 Å². The van der Waals surface area contributed by atoms with Gasteiger partial charge in [0.05, 0.1) is 17.5 Å². The second kappa shape index (κ2) is 8.00. The molecule has 0 N–H and O–H groups in total. The number of allylic oxidation sites excluding steroid dienone is 1. The number of aryl methyl sites for hydroxylation is 1. The van der Waals surface area contributed by atoms with Gasteiger partial charge in [-0.2, -0.15) is 4.31 Å². The summed E-state index contributed by atoms with van der Waals surface area (Å²) in [5.74, 6) is 1.33. The Morgan fingerprint density at radius 1 is 1.10 bits per heavy atom. The van der Waals surface area contributed by atoms with Gasteiger partial charge in [-0.15, -0.1) is 0 Å². The van der Waals surface area contributed by atoms with E-state index in [0.29, 0.717) is 24.2 Å². The van der Waals surface area contributed by atoms with Gasteiger partial charge in [-0.25, -0.2) is 8.42 Å². The molecule has 0 saturated heterocycles. The highest BCUT2D eigenvalue weighted by atomic mass is 32.2. The molecule has 152 valence electrons. The number of carbonyl (C=O) groups is 1. The van der Waals surface area contributed by atoms with Crippen molar-refractivity contribution < 1.29 is 22.7 Å². The van der Waals surface area contributed by atoms with Crippen molar-refractivity contribution in [2.75, 3.05) is 13.3 Å². The summed E-state index contributed by atoms with van der Waals surface area (Å²) in [6, 6.07) is 11.9. The van der Waals surface area contributed by atoms with Gasteiger partial charge in [0.15, 0.2) is 11.5 Å². The largest absolute Gasteiger partial charge is 0.454 e. The van der Waals surface area contributed by atoms with Gasteiger partial charge in [0.2, 0.25) is 16.8 Å². The third-order valence-electron chi connectivity index (χ3n) is 5.34. The minimum Gasteiger partial charge on any atom is -0.454 e. The molecule has 0 saturated carbocycles. The summed E-state index contributed by atoms with van der Waals surface area (Å²) in [6.07, 6.45) is 5.09. The molecule has 1 atom stereocenters. The first-order valence-corrected chi connectivity index (χ1v) is 11.1. The molecule has 2 aliphatic rings. The lowest BCUT2D eigenvalue weighted by atomic mass is 9.89. The molecular formula is C22H23NO5S. The molecule has 1 aliphatic heterocycles. The average Bonchev–Trinajstić information content (AvgIpc) is 3.20. The van der Waals surface area contributed by atoms with Crippen LogP contribution < -0.4 is 9.47 Å². The average molecular weight is 413 g/mol. The van der Waals surface area contributed by atoms with Crippen LogP contribution in [0.3, 0.4) is 0 Å². The predicted octanol–water partition coefficient (Wildman–Crippen LogP) is 3.55. The van der Waals surface area contributed by atoms with Crippen LogP contribution in [0.25, 0.3) is 5.57 Å². The lowest BCUT2D eigenvalue weighted by molar-refractivity contribution is -0.108. The zero-order valence-corrected chi connectivity index (χ0v) is 17.0. The summed E-state index contributed by atoms with van der Waals surface area (Å²) < 4.78 is 39.0. The van der Waals surface area contributed by atoms with Crippen LogP contribution in [0.1, 0.15) is 30.4 Å². The van der Waals surface area contributed by atoms with Crippen molar-refractivity contribution in [3.63, 3.8) is 0 Å². The van der Waals surface area contributed by atoms with E-state index in [2.05, 4.69) is 6.08 Å². The fraction of sp³-hybridized carbons (Fsp3) is 0.318. The molecule has 1 heterocycles. The quantitative estimate of drug-likeness (QED) is 0.677. The molecule has 0 radical (unpaired) electrons. The van der Waals surface area contributed by atoms with Crippen molar-refractivity contribution in [1.82, 2.24) is 4.31 Å². The standard InChI is InChI=1S/C22H23NO5S/c1-16-6-9-18(10-7-16)29(25,26)23(12-13-24)20-5-3-2-4-19(20)17-8-11-21-22(14-17)28-15-27-21/h4,6-11,13-14,20H,2-3,5,12,15H2,1H3/t20-/m0/s1. The molecule has 1 aliphatic carbocycles. The number of rotatable bonds is 6. The van der Waals surface area contributed by atoms with Gasteiger partial charge >= 0.3 is 0 Å². The van der Waals surface area contributed by atoms with E-state index in [1.165, 1.54) is 4.31 Å². The highest BCUT2D eigenvalue weighted by Crippen LogP contribution is 2.39. The molecule has 6 nitrogen and oxygen atoms in total. The third kappa shape index (κ3) is 3.80. The molecule has 0 fully saturated rings. The molecule has 29 heavy (non-hydrogen) atoms. The maximum atomic E-state index is 13.4. The highest BCUT2D eigenvalue weighted by Gasteiger charge is 2.35. The van der Waals surface area contributed by atoms with E-state index in [4.69, 9.17) is 9.47 Å². The molecule has 4 rings (SSSR count). The van der Waals surface area contributed by atoms with E-state index in [0.717, 1.165) is 29.5 Å². The number of carbonyl (C=O) groups excluding carboxylic acids is 1. The minimum atomic E-state index is -3.83. The molecule has 0 spiro atoms. The number of sulfonamides is 1. The topological polar surface area (TPSA) is 72.9 Å². The first-order valence-electron chi connectivity index (χ1n) is 9.63. The number of fused-ring (bicyclic) bond motifs is 1. The number of hydrogen-bond acceptors (Lipinski definition) is 5. The van der Waals surface area contributed by atoms with Crippen molar-refractivity contribution in [2.24, 2.45) is 0 Å². The Balaban J connectivity index is 1.73. The Bertz CT molecular complexity index is 1040. The number of nitrogens with zero attached hydrogens (tertiary/aromatic N) is 1.